The van der Waals surface area contributed by atoms with E-state index in [4.69, 9.17) is 34.8 Å². The fourth-order valence-corrected chi connectivity index (χ4v) is 2.17. The highest BCUT2D eigenvalue weighted by atomic mass is 35.5. The molecule has 0 aliphatic rings. The average molecular weight is 304 g/mol. The van der Waals surface area contributed by atoms with Crippen molar-refractivity contribution in [1.29, 1.82) is 0 Å². The summed E-state index contributed by atoms with van der Waals surface area (Å²) in [5.41, 5.74) is 1.17. The van der Waals surface area contributed by atoms with Crippen LogP contribution in [0.4, 0.5) is 0 Å². The first-order chi connectivity index (χ1) is 8.49. The van der Waals surface area contributed by atoms with E-state index in [0.29, 0.717) is 20.6 Å². The maximum Gasteiger partial charge on any atom is 0.185 e. The summed E-state index contributed by atoms with van der Waals surface area (Å²) in [5.74, 6) is -0.139. The van der Waals surface area contributed by atoms with Crippen LogP contribution in [0.25, 0.3) is 0 Å². The number of hydrogen-bond donors (Lipinski definition) is 0. The molecule has 6 heteroatoms. The molecule has 18 heavy (non-hydrogen) atoms. The summed E-state index contributed by atoms with van der Waals surface area (Å²) in [4.78, 5) is 12.1. The minimum atomic E-state index is -0.139. The van der Waals surface area contributed by atoms with Crippen LogP contribution in [0.15, 0.2) is 24.4 Å². The number of carbonyl (C=O) groups excluding carboxylic acids is 1. The largest absolute Gasteiger partial charge is 0.292 e. The molecule has 0 bridgehead atoms. The lowest BCUT2D eigenvalue weighted by Crippen LogP contribution is -2.13. The summed E-state index contributed by atoms with van der Waals surface area (Å²) in [6.45, 7) is 1.89. The van der Waals surface area contributed by atoms with Gasteiger partial charge in [-0.15, -0.1) is 0 Å². The maximum absolute atomic E-state index is 12.1. The Labute approximate surface area is 119 Å². The molecule has 0 aliphatic heterocycles. The van der Waals surface area contributed by atoms with Crippen LogP contribution in [-0.2, 0) is 6.54 Å². The number of rotatable bonds is 3. The van der Waals surface area contributed by atoms with Crippen molar-refractivity contribution < 1.29 is 4.79 Å². The van der Waals surface area contributed by atoms with E-state index < -0.39 is 0 Å². The van der Waals surface area contributed by atoms with Gasteiger partial charge in [-0.25, -0.2) is 0 Å². The first kappa shape index (κ1) is 13.4. The van der Waals surface area contributed by atoms with Crippen LogP contribution in [0, 0.1) is 6.92 Å². The minimum absolute atomic E-state index is 0.0971. The third-order valence-electron chi connectivity index (χ3n) is 2.57. The van der Waals surface area contributed by atoms with Crippen LogP contribution in [0.2, 0.25) is 15.1 Å². The highest BCUT2D eigenvalue weighted by Gasteiger charge is 2.13. The Morgan fingerprint density at radius 1 is 1.28 bits per heavy atom. The van der Waals surface area contributed by atoms with Gasteiger partial charge in [0.1, 0.15) is 6.54 Å². The van der Waals surface area contributed by atoms with Gasteiger partial charge in [0, 0.05) is 10.6 Å². The molecule has 2 aromatic rings. The van der Waals surface area contributed by atoms with Crippen LogP contribution in [0.1, 0.15) is 16.1 Å². The summed E-state index contributed by atoms with van der Waals surface area (Å²) < 4.78 is 1.54. The van der Waals surface area contributed by atoms with Gasteiger partial charge in [-0.05, 0) is 25.1 Å². The second-order valence-corrected chi connectivity index (χ2v) is 5.03. The zero-order chi connectivity index (χ0) is 13.3. The monoisotopic (exact) mass is 302 g/mol. The Bertz CT molecular complexity index is 607. The number of nitrogens with zero attached hydrogens (tertiary/aromatic N) is 2. The molecule has 0 aliphatic carbocycles. The van der Waals surface area contributed by atoms with Gasteiger partial charge in [0.2, 0.25) is 0 Å². The van der Waals surface area contributed by atoms with Crippen molar-refractivity contribution in [3.8, 4) is 0 Å². The Hall–Kier alpha value is -1.03. The number of aromatic nitrogens is 2. The van der Waals surface area contributed by atoms with Crippen LogP contribution in [0.3, 0.4) is 0 Å². The Morgan fingerprint density at radius 2 is 2.00 bits per heavy atom. The van der Waals surface area contributed by atoms with Crippen molar-refractivity contribution >= 4 is 40.6 Å². The van der Waals surface area contributed by atoms with Gasteiger partial charge in [-0.3, -0.25) is 9.48 Å². The first-order valence-corrected chi connectivity index (χ1v) is 6.28. The van der Waals surface area contributed by atoms with E-state index in [1.807, 2.05) is 0 Å². The maximum atomic E-state index is 12.1. The molecule has 0 saturated heterocycles. The second-order valence-electron chi connectivity index (χ2n) is 3.78. The molecule has 2 rings (SSSR count). The highest BCUT2D eigenvalue weighted by Crippen LogP contribution is 2.22. The van der Waals surface area contributed by atoms with E-state index in [-0.39, 0.29) is 12.3 Å². The molecule has 0 radical (unpaired) electrons. The topological polar surface area (TPSA) is 34.9 Å². The molecule has 1 heterocycles. The normalized spacial score (nSPS) is 10.7. The summed E-state index contributed by atoms with van der Waals surface area (Å²) in [6, 6.07) is 4.77. The smallest absolute Gasteiger partial charge is 0.185 e. The van der Waals surface area contributed by atoms with E-state index in [1.165, 1.54) is 10.9 Å². The molecule has 1 aromatic carbocycles. The molecule has 0 spiro atoms. The van der Waals surface area contributed by atoms with Crippen LogP contribution in [-0.4, -0.2) is 15.6 Å². The van der Waals surface area contributed by atoms with Crippen LogP contribution >= 0.6 is 34.8 Å². The van der Waals surface area contributed by atoms with Crippen molar-refractivity contribution in [3.63, 3.8) is 0 Å². The summed E-state index contributed by atoms with van der Waals surface area (Å²) >= 11 is 17.6. The minimum Gasteiger partial charge on any atom is -0.292 e. The van der Waals surface area contributed by atoms with Gasteiger partial charge >= 0.3 is 0 Å². The fraction of sp³-hybridized carbons (Fsp3) is 0.167. The Morgan fingerprint density at radius 3 is 2.56 bits per heavy atom. The SMILES string of the molecule is Cc1c(Cl)cnn1CC(=O)c1ccc(Cl)cc1Cl. The summed E-state index contributed by atoms with van der Waals surface area (Å²) in [7, 11) is 0. The number of halogens is 3. The zero-order valence-corrected chi connectivity index (χ0v) is 11.7. The Balaban J connectivity index is 2.25. The van der Waals surface area contributed by atoms with Crippen molar-refractivity contribution in [2.45, 2.75) is 13.5 Å². The van der Waals surface area contributed by atoms with E-state index in [0.717, 1.165) is 5.69 Å². The second kappa shape index (κ2) is 5.31. The lowest BCUT2D eigenvalue weighted by molar-refractivity contribution is 0.0967. The third-order valence-corrected chi connectivity index (χ3v) is 3.49. The summed E-state index contributed by atoms with van der Waals surface area (Å²) in [5, 5.41) is 5.39. The number of ketones is 1. The highest BCUT2D eigenvalue weighted by molar-refractivity contribution is 6.36. The molecule has 0 N–H and O–H groups in total. The van der Waals surface area contributed by atoms with Crippen LogP contribution < -0.4 is 0 Å². The predicted molar refractivity (Wildman–Crippen MR) is 72.8 cm³/mol. The molecule has 0 fully saturated rings. The molecule has 0 unspecified atom stereocenters. The quantitative estimate of drug-likeness (QED) is 0.802. The molecule has 0 saturated carbocycles. The predicted octanol–water partition coefficient (Wildman–Crippen LogP) is 4.03. The van der Waals surface area contributed by atoms with Gasteiger partial charge in [-0.1, -0.05) is 34.8 Å². The van der Waals surface area contributed by atoms with E-state index in [2.05, 4.69) is 5.10 Å². The lowest BCUT2D eigenvalue weighted by Gasteiger charge is -2.06. The van der Waals surface area contributed by atoms with E-state index in [1.54, 1.807) is 25.1 Å². The van der Waals surface area contributed by atoms with Crippen LogP contribution in [0.5, 0.6) is 0 Å². The number of Topliss-reactive ketones (excluding diaryl/α,β-unsaturated/α-hetero) is 1. The lowest BCUT2D eigenvalue weighted by atomic mass is 10.1. The average Bonchev–Trinajstić information content (AvgIpc) is 2.61. The van der Waals surface area contributed by atoms with Gasteiger partial charge in [0.15, 0.2) is 5.78 Å². The van der Waals surface area contributed by atoms with Gasteiger partial charge in [-0.2, -0.15) is 5.10 Å². The van der Waals surface area contributed by atoms with E-state index in [9.17, 15) is 4.79 Å². The fourth-order valence-electron chi connectivity index (χ4n) is 1.52. The number of benzene rings is 1. The molecule has 94 valence electrons. The molecule has 3 nitrogen and oxygen atoms in total. The summed E-state index contributed by atoms with van der Waals surface area (Å²) in [6.07, 6.45) is 1.51. The standard InChI is InChI=1S/C12H9Cl3N2O/c1-7-11(15)5-16-17(7)6-12(18)9-3-2-8(13)4-10(9)14/h2-5H,6H2,1H3. The first-order valence-electron chi connectivity index (χ1n) is 5.15. The number of carbonyl (C=O) groups is 1. The van der Waals surface area contributed by atoms with Crippen molar-refractivity contribution in [3.05, 3.63) is 50.7 Å². The third kappa shape index (κ3) is 2.69. The van der Waals surface area contributed by atoms with Gasteiger partial charge in [0.05, 0.1) is 21.9 Å². The van der Waals surface area contributed by atoms with Crippen molar-refractivity contribution in [1.82, 2.24) is 9.78 Å². The molecule has 1 aromatic heterocycles. The van der Waals surface area contributed by atoms with E-state index >= 15 is 0 Å². The van der Waals surface area contributed by atoms with Crippen molar-refractivity contribution in [2.75, 3.05) is 0 Å². The van der Waals surface area contributed by atoms with Gasteiger partial charge in [0.25, 0.3) is 0 Å². The molecule has 0 amide bonds. The Kier molecular flexibility index (Phi) is 3.95. The molecular weight excluding hydrogens is 295 g/mol. The van der Waals surface area contributed by atoms with Crippen molar-refractivity contribution in [2.24, 2.45) is 0 Å². The zero-order valence-electron chi connectivity index (χ0n) is 9.45. The molecular formula is C12H9Cl3N2O. The molecule has 0 atom stereocenters. The van der Waals surface area contributed by atoms with Gasteiger partial charge < -0.3 is 0 Å². The number of hydrogen-bond acceptors (Lipinski definition) is 2.